The van der Waals surface area contributed by atoms with E-state index in [1.807, 2.05) is 6.92 Å². The largest absolute Gasteiger partial charge is 0.339 e. The van der Waals surface area contributed by atoms with Crippen molar-refractivity contribution in [3.8, 4) is 0 Å². The maximum absolute atomic E-state index is 13.3. The van der Waals surface area contributed by atoms with Crippen LogP contribution in [0, 0.1) is 12.7 Å². The van der Waals surface area contributed by atoms with E-state index in [1.165, 1.54) is 12.1 Å². The Balaban J connectivity index is 1.87. The van der Waals surface area contributed by atoms with Crippen molar-refractivity contribution in [3.05, 3.63) is 70.1 Å². The lowest BCUT2D eigenvalue weighted by atomic mass is 10.3. The van der Waals surface area contributed by atoms with E-state index >= 15 is 0 Å². The van der Waals surface area contributed by atoms with Gasteiger partial charge in [0.1, 0.15) is 11.6 Å². The van der Waals surface area contributed by atoms with Crippen molar-refractivity contribution in [3.63, 3.8) is 0 Å². The first-order valence-corrected chi connectivity index (χ1v) is 7.86. The minimum Gasteiger partial charge on any atom is -0.339 e. The molecule has 0 unspecified atom stereocenters. The van der Waals surface area contributed by atoms with Gasteiger partial charge in [-0.15, -0.1) is 0 Å². The first-order chi connectivity index (χ1) is 11.5. The predicted molar refractivity (Wildman–Crippen MR) is 96.2 cm³/mol. The monoisotopic (exact) mass is 362 g/mol. The molecular weight excluding hydrogens is 350 g/mol. The van der Waals surface area contributed by atoms with Crippen molar-refractivity contribution >= 4 is 46.3 Å². The molecule has 4 nitrogen and oxygen atoms in total. The Morgan fingerprint density at radius 3 is 2.54 bits per heavy atom. The van der Waals surface area contributed by atoms with Crippen LogP contribution in [0.4, 0.5) is 27.5 Å². The highest BCUT2D eigenvalue weighted by atomic mass is 35.5. The molecule has 122 valence electrons. The fourth-order valence-corrected chi connectivity index (χ4v) is 2.47. The van der Waals surface area contributed by atoms with Crippen LogP contribution in [0.15, 0.2) is 48.5 Å². The van der Waals surface area contributed by atoms with Crippen LogP contribution in [0.1, 0.15) is 5.69 Å². The van der Waals surface area contributed by atoms with Gasteiger partial charge in [0.25, 0.3) is 0 Å². The lowest BCUT2D eigenvalue weighted by Crippen LogP contribution is -2.02. The van der Waals surface area contributed by atoms with Gasteiger partial charge in [0, 0.05) is 17.4 Å². The second-order valence-electron chi connectivity index (χ2n) is 5.08. The molecular formula is C17H13Cl2FN4. The van der Waals surface area contributed by atoms with Crippen LogP contribution in [0.25, 0.3) is 0 Å². The zero-order valence-electron chi connectivity index (χ0n) is 12.6. The van der Waals surface area contributed by atoms with Crippen LogP contribution in [-0.2, 0) is 0 Å². The van der Waals surface area contributed by atoms with Crippen molar-refractivity contribution in [2.24, 2.45) is 0 Å². The third-order valence-corrected chi connectivity index (χ3v) is 3.97. The molecule has 24 heavy (non-hydrogen) atoms. The summed E-state index contributed by atoms with van der Waals surface area (Å²) in [4.78, 5) is 8.66. The highest BCUT2D eigenvalue weighted by Gasteiger charge is 2.08. The van der Waals surface area contributed by atoms with E-state index in [-0.39, 0.29) is 5.82 Å². The number of hydrogen-bond acceptors (Lipinski definition) is 4. The molecule has 0 atom stereocenters. The normalized spacial score (nSPS) is 10.5. The molecule has 1 aromatic heterocycles. The first kappa shape index (κ1) is 16.5. The van der Waals surface area contributed by atoms with Crippen molar-refractivity contribution in [1.29, 1.82) is 0 Å². The SMILES string of the molecule is Cc1cc(Nc2cccc(Cl)c2Cl)nc(Nc2cccc(F)c2)n1. The molecule has 0 amide bonds. The number of rotatable bonds is 4. The summed E-state index contributed by atoms with van der Waals surface area (Å²) in [7, 11) is 0. The van der Waals surface area contributed by atoms with Crippen LogP contribution in [0.5, 0.6) is 0 Å². The maximum Gasteiger partial charge on any atom is 0.229 e. The second kappa shape index (κ2) is 7.03. The van der Waals surface area contributed by atoms with E-state index in [9.17, 15) is 4.39 Å². The lowest BCUT2D eigenvalue weighted by molar-refractivity contribution is 0.628. The summed E-state index contributed by atoms with van der Waals surface area (Å²) in [6.45, 7) is 1.84. The van der Waals surface area contributed by atoms with Gasteiger partial charge in [0.2, 0.25) is 5.95 Å². The third-order valence-electron chi connectivity index (χ3n) is 3.15. The molecule has 0 saturated carbocycles. The maximum atomic E-state index is 13.3. The number of aryl methyl sites for hydroxylation is 1. The number of hydrogen-bond donors (Lipinski definition) is 2. The molecule has 0 aliphatic rings. The van der Waals surface area contributed by atoms with E-state index in [0.717, 1.165) is 5.69 Å². The fraction of sp³-hybridized carbons (Fsp3) is 0.0588. The van der Waals surface area contributed by atoms with Crippen molar-refractivity contribution in [2.45, 2.75) is 6.92 Å². The summed E-state index contributed by atoms with van der Waals surface area (Å²) in [5, 5.41) is 6.95. The molecule has 3 rings (SSSR count). The van der Waals surface area contributed by atoms with E-state index < -0.39 is 0 Å². The molecule has 2 N–H and O–H groups in total. The van der Waals surface area contributed by atoms with Gasteiger partial charge in [-0.3, -0.25) is 0 Å². The van der Waals surface area contributed by atoms with Crippen molar-refractivity contribution in [2.75, 3.05) is 10.6 Å². The van der Waals surface area contributed by atoms with Gasteiger partial charge < -0.3 is 10.6 Å². The van der Waals surface area contributed by atoms with Crippen LogP contribution < -0.4 is 10.6 Å². The zero-order valence-corrected chi connectivity index (χ0v) is 14.2. The van der Waals surface area contributed by atoms with Gasteiger partial charge in [-0.2, -0.15) is 4.98 Å². The Hall–Kier alpha value is -2.37. The van der Waals surface area contributed by atoms with Crippen LogP contribution in [0.2, 0.25) is 10.0 Å². The van der Waals surface area contributed by atoms with Gasteiger partial charge in [-0.1, -0.05) is 35.3 Å². The van der Waals surface area contributed by atoms with E-state index in [1.54, 1.807) is 36.4 Å². The van der Waals surface area contributed by atoms with Gasteiger partial charge in [0.15, 0.2) is 0 Å². The molecule has 3 aromatic rings. The number of aromatic nitrogens is 2. The average molecular weight is 363 g/mol. The summed E-state index contributed by atoms with van der Waals surface area (Å²) in [6.07, 6.45) is 0. The quantitative estimate of drug-likeness (QED) is 0.623. The molecule has 0 bridgehead atoms. The highest BCUT2D eigenvalue weighted by molar-refractivity contribution is 6.43. The van der Waals surface area contributed by atoms with E-state index in [2.05, 4.69) is 20.6 Å². The first-order valence-electron chi connectivity index (χ1n) is 7.10. The Kier molecular flexibility index (Phi) is 4.83. The predicted octanol–water partition coefficient (Wildman–Crippen LogP) is 5.72. The molecule has 0 saturated heterocycles. The second-order valence-corrected chi connectivity index (χ2v) is 5.87. The zero-order chi connectivity index (χ0) is 17.1. The molecule has 0 radical (unpaired) electrons. The standard InChI is InChI=1S/C17H13Cl2FN4/c1-10-8-15(23-14-7-3-6-13(18)16(14)19)24-17(21-10)22-12-5-2-4-11(20)9-12/h2-9H,1H3,(H2,21,22,23,24). The minimum absolute atomic E-state index is 0.336. The third kappa shape index (κ3) is 3.93. The highest BCUT2D eigenvalue weighted by Crippen LogP contribution is 2.31. The Labute approximate surface area is 148 Å². The Bertz CT molecular complexity index is 886. The number of halogens is 3. The van der Waals surface area contributed by atoms with Gasteiger partial charge in [-0.25, -0.2) is 9.37 Å². The molecule has 7 heteroatoms. The number of benzene rings is 2. The number of nitrogens with zero attached hydrogens (tertiary/aromatic N) is 2. The van der Waals surface area contributed by atoms with Gasteiger partial charge >= 0.3 is 0 Å². The number of nitrogens with one attached hydrogen (secondary N) is 2. The van der Waals surface area contributed by atoms with Gasteiger partial charge in [-0.05, 0) is 37.3 Å². The van der Waals surface area contributed by atoms with Crippen LogP contribution in [-0.4, -0.2) is 9.97 Å². The van der Waals surface area contributed by atoms with Crippen molar-refractivity contribution < 1.29 is 4.39 Å². The van der Waals surface area contributed by atoms with E-state index in [0.29, 0.717) is 33.2 Å². The molecule has 0 spiro atoms. The average Bonchev–Trinajstić information content (AvgIpc) is 2.51. The topological polar surface area (TPSA) is 49.8 Å². The number of anilines is 4. The lowest BCUT2D eigenvalue weighted by Gasteiger charge is -2.11. The van der Waals surface area contributed by atoms with Crippen LogP contribution >= 0.6 is 23.2 Å². The minimum atomic E-state index is -0.336. The molecule has 2 aromatic carbocycles. The molecule has 0 fully saturated rings. The summed E-state index contributed by atoms with van der Waals surface area (Å²) in [5.41, 5.74) is 1.94. The molecule has 1 heterocycles. The van der Waals surface area contributed by atoms with Crippen LogP contribution in [0.3, 0.4) is 0 Å². The van der Waals surface area contributed by atoms with Gasteiger partial charge in [0.05, 0.1) is 15.7 Å². The molecule has 0 aliphatic carbocycles. The Morgan fingerprint density at radius 1 is 0.958 bits per heavy atom. The molecule has 0 aliphatic heterocycles. The smallest absolute Gasteiger partial charge is 0.229 e. The summed E-state index contributed by atoms with van der Waals surface area (Å²) >= 11 is 12.2. The summed E-state index contributed by atoms with van der Waals surface area (Å²) < 4.78 is 13.3. The summed E-state index contributed by atoms with van der Waals surface area (Å²) in [5.74, 6) is 0.559. The fourth-order valence-electron chi connectivity index (χ4n) is 2.12. The Morgan fingerprint density at radius 2 is 1.75 bits per heavy atom. The van der Waals surface area contributed by atoms with Crippen molar-refractivity contribution in [1.82, 2.24) is 9.97 Å². The summed E-state index contributed by atoms with van der Waals surface area (Å²) in [6, 6.07) is 13.1. The van der Waals surface area contributed by atoms with E-state index in [4.69, 9.17) is 23.2 Å².